The standard InChI is InChI=1S/C10H9BrClF2NO2/c1-2-17-7(16)4-5-3-6(11)8(12)9(15-5)10(13)14/h3,10H,2,4H2,1H3. The van der Waals surface area contributed by atoms with Crippen molar-refractivity contribution in [2.24, 2.45) is 0 Å². The van der Waals surface area contributed by atoms with Gasteiger partial charge in [0.15, 0.2) is 0 Å². The van der Waals surface area contributed by atoms with Gasteiger partial charge in [0, 0.05) is 4.47 Å². The fourth-order valence-corrected chi connectivity index (χ4v) is 1.81. The van der Waals surface area contributed by atoms with Gasteiger partial charge in [-0.25, -0.2) is 13.8 Å². The Bertz CT molecular complexity index is 429. The van der Waals surface area contributed by atoms with Crippen LogP contribution in [0.3, 0.4) is 0 Å². The molecule has 0 aliphatic rings. The van der Waals surface area contributed by atoms with Gasteiger partial charge in [-0.05, 0) is 28.9 Å². The fourth-order valence-electron chi connectivity index (χ4n) is 1.16. The molecule has 1 rings (SSSR count). The van der Waals surface area contributed by atoms with E-state index in [1.807, 2.05) is 0 Å². The maximum absolute atomic E-state index is 12.6. The summed E-state index contributed by atoms with van der Waals surface area (Å²) in [6.07, 6.45) is -2.95. The lowest BCUT2D eigenvalue weighted by Crippen LogP contribution is -2.10. The highest BCUT2D eigenvalue weighted by atomic mass is 79.9. The molecule has 0 bridgehead atoms. The van der Waals surface area contributed by atoms with E-state index in [4.69, 9.17) is 16.3 Å². The lowest BCUT2D eigenvalue weighted by Gasteiger charge is -2.08. The molecule has 0 aromatic carbocycles. The average Bonchev–Trinajstić information content (AvgIpc) is 2.23. The van der Waals surface area contributed by atoms with Gasteiger partial charge in [0.05, 0.1) is 23.7 Å². The first-order valence-corrected chi connectivity index (χ1v) is 5.91. The zero-order valence-corrected chi connectivity index (χ0v) is 11.2. The van der Waals surface area contributed by atoms with Gasteiger partial charge in [-0.1, -0.05) is 11.6 Å². The van der Waals surface area contributed by atoms with Gasteiger partial charge >= 0.3 is 5.97 Å². The number of carbonyl (C=O) groups excluding carboxylic acids is 1. The maximum atomic E-state index is 12.6. The molecule has 0 saturated carbocycles. The number of hydrogen-bond acceptors (Lipinski definition) is 3. The summed E-state index contributed by atoms with van der Waals surface area (Å²) in [4.78, 5) is 14.8. The van der Waals surface area contributed by atoms with E-state index < -0.39 is 18.1 Å². The van der Waals surface area contributed by atoms with Crippen molar-refractivity contribution in [3.63, 3.8) is 0 Å². The Labute approximate surface area is 110 Å². The molecule has 0 unspecified atom stereocenters. The van der Waals surface area contributed by atoms with E-state index in [9.17, 15) is 13.6 Å². The number of hydrogen-bond donors (Lipinski definition) is 0. The Balaban J connectivity index is 2.98. The summed E-state index contributed by atoms with van der Waals surface area (Å²) >= 11 is 8.69. The van der Waals surface area contributed by atoms with E-state index in [1.54, 1.807) is 6.92 Å². The largest absolute Gasteiger partial charge is 0.466 e. The molecule has 0 atom stereocenters. The van der Waals surface area contributed by atoms with Crippen LogP contribution in [-0.4, -0.2) is 17.6 Å². The lowest BCUT2D eigenvalue weighted by molar-refractivity contribution is -0.142. The quantitative estimate of drug-likeness (QED) is 0.794. The van der Waals surface area contributed by atoms with Crippen molar-refractivity contribution in [3.05, 3.63) is 26.9 Å². The normalized spacial score (nSPS) is 10.7. The summed E-state index contributed by atoms with van der Waals surface area (Å²) in [5.41, 5.74) is -0.352. The zero-order chi connectivity index (χ0) is 13.0. The predicted octanol–water partition coefficient (Wildman–Crippen LogP) is 3.54. The number of ether oxygens (including phenoxy) is 1. The van der Waals surface area contributed by atoms with E-state index in [-0.39, 0.29) is 28.2 Å². The Kier molecular flexibility index (Phi) is 5.27. The molecule has 0 amide bonds. The molecule has 0 aliphatic carbocycles. The second kappa shape index (κ2) is 6.26. The molecule has 0 fully saturated rings. The summed E-state index contributed by atoms with van der Waals surface area (Å²) in [5, 5.41) is -0.146. The molecule has 1 aromatic rings. The van der Waals surface area contributed by atoms with Crippen molar-refractivity contribution < 1.29 is 18.3 Å². The van der Waals surface area contributed by atoms with Crippen molar-refractivity contribution in [1.82, 2.24) is 4.98 Å². The second-order valence-corrected chi connectivity index (χ2v) is 4.31. The first-order chi connectivity index (χ1) is 7.95. The van der Waals surface area contributed by atoms with Crippen LogP contribution in [0.2, 0.25) is 5.02 Å². The zero-order valence-electron chi connectivity index (χ0n) is 8.84. The van der Waals surface area contributed by atoms with Crippen molar-refractivity contribution >= 4 is 33.5 Å². The summed E-state index contributed by atoms with van der Waals surface area (Å²) in [6.45, 7) is 1.89. The minimum Gasteiger partial charge on any atom is -0.466 e. The Morgan fingerprint density at radius 3 is 2.82 bits per heavy atom. The molecule has 1 aromatic heterocycles. The van der Waals surface area contributed by atoms with Crippen LogP contribution in [0, 0.1) is 0 Å². The number of pyridine rings is 1. The van der Waals surface area contributed by atoms with Crippen molar-refractivity contribution in [2.45, 2.75) is 19.8 Å². The molecule has 17 heavy (non-hydrogen) atoms. The molecule has 0 N–H and O–H groups in total. The number of halogens is 4. The van der Waals surface area contributed by atoms with E-state index in [2.05, 4.69) is 20.9 Å². The van der Waals surface area contributed by atoms with E-state index in [0.717, 1.165) is 0 Å². The van der Waals surface area contributed by atoms with Crippen LogP contribution in [0.4, 0.5) is 8.78 Å². The molecule has 1 heterocycles. The second-order valence-electron chi connectivity index (χ2n) is 3.08. The smallest absolute Gasteiger partial charge is 0.311 e. The monoisotopic (exact) mass is 327 g/mol. The highest BCUT2D eigenvalue weighted by Gasteiger charge is 2.18. The minimum absolute atomic E-state index is 0.146. The first-order valence-electron chi connectivity index (χ1n) is 4.74. The number of rotatable bonds is 4. The Morgan fingerprint density at radius 1 is 1.65 bits per heavy atom. The van der Waals surface area contributed by atoms with Crippen LogP contribution in [0.15, 0.2) is 10.5 Å². The topological polar surface area (TPSA) is 39.2 Å². The van der Waals surface area contributed by atoms with E-state index in [0.29, 0.717) is 0 Å². The lowest BCUT2D eigenvalue weighted by atomic mass is 10.2. The van der Waals surface area contributed by atoms with Gasteiger partial charge in [-0.3, -0.25) is 4.79 Å². The SMILES string of the molecule is CCOC(=O)Cc1cc(Br)c(Cl)c(C(F)F)n1. The van der Waals surface area contributed by atoms with Crippen LogP contribution in [0.25, 0.3) is 0 Å². The summed E-state index contributed by atoms with van der Waals surface area (Å²) in [6, 6.07) is 1.42. The first kappa shape index (κ1) is 14.3. The van der Waals surface area contributed by atoms with Gasteiger partial charge in [-0.15, -0.1) is 0 Å². The number of esters is 1. The van der Waals surface area contributed by atoms with Gasteiger partial charge in [0.2, 0.25) is 0 Å². The third-order valence-electron chi connectivity index (χ3n) is 1.83. The Morgan fingerprint density at radius 2 is 2.29 bits per heavy atom. The molecule has 0 saturated heterocycles. The molecule has 94 valence electrons. The third-order valence-corrected chi connectivity index (χ3v) is 3.08. The summed E-state index contributed by atoms with van der Waals surface area (Å²) < 4.78 is 30.2. The number of alkyl halides is 2. The predicted molar refractivity (Wildman–Crippen MR) is 62.2 cm³/mol. The molecule has 7 heteroatoms. The highest BCUT2D eigenvalue weighted by Crippen LogP contribution is 2.32. The van der Waals surface area contributed by atoms with Crippen molar-refractivity contribution in [1.29, 1.82) is 0 Å². The minimum atomic E-state index is -2.79. The summed E-state index contributed by atoms with van der Waals surface area (Å²) in [7, 11) is 0. The third kappa shape index (κ3) is 3.89. The summed E-state index contributed by atoms with van der Waals surface area (Å²) in [5.74, 6) is -0.519. The van der Waals surface area contributed by atoms with Crippen LogP contribution < -0.4 is 0 Å². The number of carbonyl (C=O) groups is 1. The van der Waals surface area contributed by atoms with Gasteiger partial charge in [-0.2, -0.15) is 0 Å². The van der Waals surface area contributed by atoms with Crippen molar-refractivity contribution in [2.75, 3.05) is 6.61 Å². The molecular weight excluding hydrogens is 319 g/mol. The number of aromatic nitrogens is 1. The van der Waals surface area contributed by atoms with Crippen LogP contribution in [0.5, 0.6) is 0 Å². The number of nitrogens with zero attached hydrogens (tertiary/aromatic N) is 1. The van der Waals surface area contributed by atoms with E-state index in [1.165, 1.54) is 6.07 Å². The molecular formula is C10H9BrClF2NO2. The highest BCUT2D eigenvalue weighted by molar-refractivity contribution is 9.10. The molecule has 0 aliphatic heterocycles. The van der Waals surface area contributed by atoms with Gasteiger partial charge < -0.3 is 4.74 Å². The molecule has 0 spiro atoms. The van der Waals surface area contributed by atoms with Crippen molar-refractivity contribution in [3.8, 4) is 0 Å². The maximum Gasteiger partial charge on any atom is 0.311 e. The average molecular weight is 329 g/mol. The van der Waals surface area contributed by atoms with Crippen LogP contribution >= 0.6 is 27.5 Å². The molecule has 3 nitrogen and oxygen atoms in total. The van der Waals surface area contributed by atoms with Crippen LogP contribution in [-0.2, 0) is 16.0 Å². The van der Waals surface area contributed by atoms with Gasteiger partial charge in [0.25, 0.3) is 6.43 Å². The van der Waals surface area contributed by atoms with E-state index >= 15 is 0 Å². The fraction of sp³-hybridized carbons (Fsp3) is 0.400. The van der Waals surface area contributed by atoms with Crippen LogP contribution in [0.1, 0.15) is 24.7 Å². The van der Waals surface area contributed by atoms with Gasteiger partial charge in [0.1, 0.15) is 5.69 Å². The Hall–Kier alpha value is -0.750. The molecule has 0 radical (unpaired) electrons.